The van der Waals surface area contributed by atoms with Gasteiger partial charge in [0.15, 0.2) is 0 Å². The van der Waals surface area contributed by atoms with Crippen LogP contribution in [0.5, 0.6) is 5.75 Å². The van der Waals surface area contributed by atoms with Crippen LogP contribution in [0.3, 0.4) is 0 Å². The molecular weight excluding hydrogens is 214 g/mol. The molecule has 3 heteroatoms. The van der Waals surface area contributed by atoms with Crippen molar-refractivity contribution in [3.63, 3.8) is 0 Å². The van der Waals surface area contributed by atoms with Gasteiger partial charge < -0.3 is 10.4 Å². The van der Waals surface area contributed by atoms with Gasteiger partial charge in [0.25, 0.3) is 0 Å². The molecule has 0 spiro atoms. The molecular formula is C14H19NO2. The Balaban J connectivity index is 2.17. The number of hydrogen-bond donors (Lipinski definition) is 2. The van der Waals surface area contributed by atoms with E-state index >= 15 is 0 Å². The number of hydrogen-bond acceptors (Lipinski definition) is 2. The molecule has 0 bridgehead atoms. The third-order valence-electron chi connectivity index (χ3n) is 3.49. The number of carbonyl (C=O) groups is 1. The van der Waals surface area contributed by atoms with Crippen molar-refractivity contribution in [2.45, 2.75) is 32.6 Å². The van der Waals surface area contributed by atoms with Gasteiger partial charge in [0.2, 0.25) is 5.91 Å². The molecule has 0 aromatic heterocycles. The van der Waals surface area contributed by atoms with Crippen LogP contribution >= 0.6 is 0 Å². The SMILES string of the molecule is CC1(Cc2cccc(O)c2)CCCCNC1=O. The Labute approximate surface area is 102 Å². The van der Waals surface area contributed by atoms with Crippen molar-refractivity contribution < 1.29 is 9.90 Å². The largest absolute Gasteiger partial charge is 0.508 e. The summed E-state index contributed by atoms with van der Waals surface area (Å²) in [6.07, 6.45) is 3.73. The summed E-state index contributed by atoms with van der Waals surface area (Å²) in [6, 6.07) is 7.17. The number of rotatable bonds is 2. The molecule has 92 valence electrons. The van der Waals surface area contributed by atoms with Crippen molar-refractivity contribution in [2.24, 2.45) is 5.41 Å². The highest BCUT2D eigenvalue weighted by molar-refractivity contribution is 5.82. The molecule has 1 aromatic rings. The highest BCUT2D eigenvalue weighted by Gasteiger charge is 2.34. The predicted molar refractivity (Wildman–Crippen MR) is 66.8 cm³/mol. The fourth-order valence-electron chi connectivity index (χ4n) is 2.45. The third kappa shape index (κ3) is 2.78. The zero-order valence-electron chi connectivity index (χ0n) is 10.2. The van der Waals surface area contributed by atoms with Crippen molar-refractivity contribution >= 4 is 5.91 Å². The molecule has 0 aliphatic carbocycles. The number of phenols is 1. The Morgan fingerprint density at radius 2 is 2.24 bits per heavy atom. The lowest BCUT2D eigenvalue weighted by Gasteiger charge is -2.26. The fourth-order valence-corrected chi connectivity index (χ4v) is 2.45. The highest BCUT2D eigenvalue weighted by Crippen LogP contribution is 2.31. The Morgan fingerprint density at radius 3 is 3.00 bits per heavy atom. The van der Waals surface area contributed by atoms with E-state index in [1.807, 2.05) is 19.1 Å². The van der Waals surface area contributed by atoms with E-state index in [0.717, 1.165) is 31.4 Å². The molecule has 1 amide bonds. The lowest BCUT2D eigenvalue weighted by Crippen LogP contribution is -2.38. The summed E-state index contributed by atoms with van der Waals surface area (Å²) in [5.74, 6) is 0.401. The van der Waals surface area contributed by atoms with Crippen LogP contribution in [-0.2, 0) is 11.2 Å². The quantitative estimate of drug-likeness (QED) is 0.823. The van der Waals surface area contributed by atoms with E-state index in [0.29, 0.717) is 6.42 Å². The summed E-state index contributed by atoms with van der Waals surface area (Å²) in [4.78, 5) is 12.1. The molecule has 2 rings (SSSR count). The second-order valence-corrected chi connectivity index (χ2v) is 5.12. The van der Waals surface area contributed by atoms with Crippen LogP contribution in [0.1, 0.15) is 31.7 Å². The fraction of sp³-hybridized carbons (Fsp3) is 0.500. The number of aromatic hydroxyl groups is 1. The van der Waals surface area contributed by atoms with Crippen LogP contribution in [0.25, 0.3) is 0 Å². The molecule has 0 radical (unpaired) electrons. The molecule has 1 atom stereocenters. The van der Waals surface area contributed by atoms with Crippen molar-refractivity contribution in [3.05, 3.63) is 29.8 Å². The number of phenolic OH excluding ortho intramolecular Hbond substituents is 1. The van der Waals surface area contributed by atoms with Crippen molar-refractivity contribution in [2.75, 3.05) is 6.54 Å². The topological polar surface area (TPSA) is 49.3 Å². The monoisotopic (exact) mass is 233 g/mol. The summed E-state index contributed by atoms with van der Waals surface area (Å²) in [5, 5.41) is 12.4. The van der Waals surface area contributed by atoms with Crippen molar-refractivity contribution in [3.8, 4) is 5.75 Å². The van der Waals surface area contributed by atoms with Gasteiger partial charge in [-0.05, 0) is 37.0 Å². The Hall–Kier alpha value is -1.51. The lowest BCUT2D eigenvalue weighted by molar-refractivity contribution is -0.129. The summed E-state index contributed by atoms with van der Waals surface area (Å²) >= 11 is 0. The van der Waals surface area contributed by atoms with E-state index in [2.05, 4.69) is 5.32 Å². The lowest BCUT2D eigenvalue weighted by atomic mass is 9.79. The summed E-state index contributed by atoms with van der Waals surface area (Å²) in [5.41, 5.74) is 0.675. The van der Waals surface area contributed by atoms with E-state index in [1.54, 1.807) is 12.1 Å². The molecule has 1 aliphatic rings. The van der Waals surface area contributed by atoms with Gasteiger partial charge in [-0.15, -0.1) is 0 Å². The van der Waals surface area contributed by atoms with Crippen LogP contribution in [-0.4, -0.2) is 17.6 Å². The van der Waals surface area contributed by atoms with Crippen LogP contribution in [0.2, 0.25) is 0 Å². The molecule has 1 fully saturated rings. The first-order valence-electron chi connectivity index (χ1n) is 6.16. The van der Waals surface area contributed by atoms with Gasteiger partial charge in [-0.2, -0.15) is 0 Å². The van der Waals surface area contributed by atoms with E-state index in [-0.39, 0.29) is 17.1 Å². The first-order valence-corrected chi connectivity index (χ1v) is 6.16. The van der Waals surface area contributed by atoms with E-state index in [9.17, 15) is 9.90 Å². The molecule has 2 N–H and O–H groups in total. The van der Waals surface area contributed by atoms with Gasteiger partial charge in [0.1, 0.15) is 5.75 Å². The molecule has 3 nitrogen and oxygen atoms in total. The standard InChI is InChI=1S/C14H19NO2/c1-14(7-2-3-8-15-13(14)17)10-11-5-4-6-12(16)9-11/h4-6,9,16H,2-3,7-8,10H2,1H3,(H,15,17). The summed E-state index contributed by atoms with van der Waals surface area (Å²) in [7, 11) is 0. The zero-order chi connectivity index (χ0) is 12.3. The second-order valence-electron chi connectivity index (χ2n) is 5.12. The Bertz CT molecular complexity index is 416. The number of amides is 1. The minimum absolute atomic E-state index is 0.137. The maximum atomic E-state index is 12.1. The van der Waals surface area contributed by atoms with E-state index in [4.69, 9.17) is 0 Å². The minimum atomic E-state index is -0.343. The molecule has 1 aliphatic heterocycles. The van der Waals surface area contributed by atoms with Crippen LogP contribution in [0.15, 0.2) is 24.3 Å². The summed E-state index contributed by atoms with van der Waals surface area (Å²) in [6.45, 7) is 2.80. The second kappa shape index (κ2) is 4.78. The molecule has 1 unspecified atom stereocenters. The maximum Gasteiger partial charge on any atom is 0.226 e. The Kier molecular flexibility index (Phi) is 3.36. The summed E-state index contributed by atoms with van der Waals surface area (Å²) < 4.78 is 0. The molecule has 1 saturated heterocycles. The maximum absolute atomic E-state index is 12.1. The van der Waals surface area contributed by atoms with Crippen LogP contribution in [0, 0.1) is 5.41 Å². The zero-order valence-corrected chi connectivity index (χ0v) is 10.2. The minimum Gasteiger partial charge on any atom is -0.508 e. The highest BCUT2D eigenvalue weighted by atomic mass is 16.3. The van der Waals surface area contributed by atoms with Gasteiger partial charge >= 0.3 is 0 Å². The molecule has 0 saturated carbocycles. The number of nitrogens with one attached hydrogen (secondary N) is 1. The smallest absolute Gasteiger partial charge is 0.226 e. The molecule has 1 aromatic carbocycles. The molecule has 1 heterocycles. The van der Waals surface area contributed by atoms with Crippen molar-refractivity contribution in [1.82, 2.24) is 5.32 Å². The third-order valence-corrected chi connectivity index (χ3v) is 3.49. The van der Waals surface area contributed by atoms with Crippen molar-refractivity contribution in [1.29, 1.82) is 0 Å². The average Bonchev–Trinajstić information content (AvgIpc) is 2.42. The Morgan fingerprint density at radius 1 is 1.41 bits per heavy atom. The average molecular weight is 233 g/mol. The number of carbonyl (C=O) groups excluding carboxylic acids is 1. The predicted octanol–water partition coefficient (Wildman–Crippen LogP) is 2.24. The van der Waals surface area contributed by atoms with Gasteiger partial charge in [-0.3, -0.25) is 4.79 Å². The number of benzene rings is 1. The first-order chi connectivity index (χ1) is 8.10. The van der Waals surface area contributed by atoms with Gasteiger partial charge in [0, 0.05) is 6.54 Å². The van der Waals surface area contributed by atoms with Gasteiger partial charge in [-0.1, -0.05) is 25.5 Å². The van der Waals surface area contributed by atoms with E-state index in [1.165, 1.54) is 0 Å². The van der Waals surface area contributed by atoms with E-state index < -0.39 is 0 Å². The van der Waals surface area contributed by atoms with Gasteiger partial charge in [-0.25, -0.2) is 0 Å². The van der Waals surface area contributed by atoms with Crippen LogP contribution < -0.4 is 5.32 Å². The first kappa shape index (κ1) is 12.0. The van der Waals surface area contributed by atoms with Crippen LogP contribution in [0.4, 0.5) is 0 Å². The normalized spacial score (nSPS) is 25.1. The molecule has 17 heavy (non-hydrogen) atoms. The van der Waals surface area contributed by atoms with Gasteiger partial charge in [0.05, 0.1) is 5.41 Å².